The van der Waals surface area contributed by atoms with Crippen LogP contribution in [0.15, 0.2) is 24.3 Å². The van der Waals surface area contributed by atoms with E-state index in [9.17, 15) is 0 Å². The zero-order valence-electron chi connectivity index (χ0n) is 13.0. The van der Waals surface area contributed by atoms with Gasteiger partial charge < -0.3 is 10.1 Å². The number of likely N-dealkylation sites (N-methyl/N-ethyl adjacent to an activating group) is 1. The molecule has 0 saturated heterocycles. The molecule has 0 aliphatic rings. The third-order valence-electron chi connectivity index (χ3n) is 3.85. The number of nitrogens with one attached hydrogen (secondary N) is 1. The lowest BCUT2D eigenvalue weighted by molar-refractivity contribution is 0.335. The van der Waals surface area contributed by atoms with Crippen LogP contribution in [0.2, 0.25) is 0 Å². The summed E-state index contributed by atoms with van der Waals surface area (Å²) in [4.78, 5) is 0. The number of hydrogen-bond acceptors (Lipinski definition) is 2. The van der Waals surface area contributed by atoms with Crippen LogP contribution in [-0.4, -0.2) is 20.2 Å². The third kappa shape index (κ3) is 4.24. The van der Waals surface area contributed by atoms with Gasteiger partial charge in [0.1, 0.15) is 5.75 Å². The Bertz CT molecular complexity index is 356. The maximum atomic E-state index is 5.39. The lowest BCUT2D eigenvalue weighted by Crippen LogP contribution is -2.38. The molecule has 1 rings (SSSR count). The van der Waals surface area contributed by atoms with Gasteiger partial charge in [-0.15, -0.1) is 0 Å². The predicted octanol–water partition coefficient (Wildman–Crippen LogP) is 4.14. The van der Waals surface area contributed by atoms with E-state index >= 15 is 0 Å². The lowest BCUT2D eigenvalue weighted by atomic mass is 9.73. The van der Waals surface area contributed by atoms with Crippen molar-refractivity contribution < 1.29 is 4.74 Å². The molecule has 0 spiro atoms. The Morgan fingerprint density at radius 3 is 2.32 bits per heavy atom. The fraction of sp³-hybridized carbons (Fsp3) is 0.647. The van der Waals surface area contributed by atoms with Gasteiger partial charge in [-0.2, -0.15) is 0 Å². The first-order chi connectivity index (χ1) is 9.22. The summed E-state index contributed by atoms with van der Waals surface area (Å²) >= 11 is 0. The molecule has 1 aromatic rings. The molecule has 0 bridgehead atoms. The first kappa shape index (κ1) is 16.0. The smallest absolute Gasteiger partial charge is 0.119 e. The van der Waals surface area contributed by atoms with Crippen molar-refractivity contribution in [2.24, 2.45) is 0 Å². The molecule has 0 aliphatic carbocycles. The molecule has 0 aliphatic heterocycles. The van der Waals surface area contributed by atoms with Crippen LogP contribution in [0.4, 0.5) is 0 Å². The minimum absolute atomic E-state index is 0.244. The van der Waals surface area contributed by atoms with Gasteiger partial charge in [0.05, 0.1) is 7.11 Å². The Morgan fingerprint density at radius 2 is 1.79 bits per heavy atom. The van der Waals surface area contributed by atoms with Crippen LogP contribution in [0.5, 0.6) is 5.75 Å². The fourth-order valence-corrected chi connectivity index (χ4v) is 2.97. The van der Waals surface area contributed by atoms with Crippen LogP contribution in [0.25, 0.3) is 0 Å². The molecule has 0 amide bonds. The highest BCUT2D eigenvalue weighted by Gasteiger charge is 2.30. The standard InChI is InChI=1S/C17H29NO/c1-5-11-17(12-6-2,14-18-7-3)15-9-8-10-16(13-15)19-4/h8-10,13,18H,5-7,11-12,14H2,1-4H3. The summed E-state index contributed by atoms with van der Waals surface area (Å²) in [6, 6.07) is 8.60. The SMILES string of the molecule is CCCC(CCC)(CNCC)c1cccc(OC)c1. The minimum atomic E-state index is 0.244. The van der Waals surface area contributed by atoms with E-state index < -0.39 is 0 Å². The van der Waals surface area contributed by atoms with Crippen molar-refractivity contribution in [3.8, 4) is 5.75 Å². The average Bonchev–Trinajstić information content (AvgIpc) is 2.45. The monoisotopic (exact) mass is 263 g/mol. The maximum Gasteiger partial charge on any atom is 0.119 e. The van der Waals surface area contributed by atoms with E-state index in [0.29, 0.717) is 0 Å². The quantitative estimate of drug-likeness (QED) is 0.723. The van der Waals surface area contributed by atoms with Gasteiger partial charge in [0.25, 0.3) is 0 Å². The Balaban J connectivity index is 3.09. The summed E-state index contributed by atoms with van der Waals surface area (Å²) in [5, 5.41) is 3.55. The molecular formula is C17H29NO. The molecule has 108 valence electrons. The molecule has 0 radical (unpaired) electrons. The molecule has 1 aromatic carbocycles. The summed E-state index contributed by atoms with van der Waals surface area (Å²) in [5.74, 6) is 0.963. The zero-order valence-corrected chi connectivity index (χ0v) is 13.0. The van der Waals surface area contributed by atoms with Crippen LogP contribution in [-0.2, 0) is 5.41 Å². The van der Waals surface area contributed by atoms with E-state index in [4.69, 9.17) is 4.74 Å². The number of methoxy groups -OCH3 is 1. The molecule has 19 heavy (non-hydrogen) atoms. The second kappa shape index (κ2) is 8.21. The van der Waals surface area contributed by atoms with E-state index in [1.165, 1.54) is 31.2 Å². The van der Waals surface area contributed by atoms with Gasteiger partial charge in [-0.3, -0.25) is 0 Å². The Hall–Kier alpha value is -1.02. The van der Waals surface area contributed by atoms with Gasteiger partial charge in [0, 0.05) is 12.0 Å². The second-order valence-corrected chi connectivity index (χ2v) is 5.29. The second-order valence-electron chi connectivity index (χ2n) is 5.29. The molecule has 0 aromatic heterocycles. The Kier molecular flexibility index (Phi) is 6.93. The van der Waals surface area contributed by atoms with E-state index in [0.717, 1.165) is 18.8 Å². The predicted molar refractivity (Wildman–Crippen MR) is 83.0 cm³/mol. The van der Waals surface area contributed by atoms with E-state index in [1.807, 2.05) is 6.07 Å². The maximum absolute atomic E-state index is 5.39. The van der Waals surface area contributed by atoms with Gasteiger partial charge in [-0.25, -0.2) is 0 Å². The molecule has 0 atom stereocenters. The van der Waals surface area contributed by atoms with Crippen molar-refractivity contribution in [2.45, 2.75) is 51.9 Å². The molecule has 0 saturated carbocycles. The number of ether oxygens (including phenoxy) is 1. The van der Waals surface area contributed by atoms with Gasteiger partial charge in [-0.05, 0) is 37.1 Å². The van der Waals surface area contributed by atoms with Crippen LogP contribution in [0.3, 0.4) is 0 Å². The number of rotatable bonds is 9. The first-order valence-corrected chi connectivity index (χ1v) is 7.57. The van der Waals surface area contributed by atoms with Crippen molar-refractivity contribution in [1.29, 1.82) is 0 Å². The van der Waals surface area contributed by atoms with Crippen molar-refractivity contribution in [3.63, 3.8) is 0 Å². The van der Waals surface area contributed by atoms with Gasteiger partial charge in [-0.1, -0.05) is 45.7 Å². The highest BCUT2D eigenvalue weighted by molar-refractivity contribution is 5.34. The van der Waals surface area contributed by atoms with Gasteiger partial charge in [0.2, 0.25) is 0 Å². The van der Waals surface area contributed by atoms with Crippen LogP contribution in [0, 0.1) is 0 Å². The van der Waals surface area contributed by atoms with Crippen LogP contribution in [0.1, 0.15) is 52.0 Å². The van der Waals surface area contributed by atoms with Crippen molar-refractivity contribution in [3.05, 3.63) is 29.8 Å². The zero-order chi connectivity index (χ0) is 14.1. The molecule has 2 nitrogen and oxygen atoms in total. The molecule has 2 heteroatoms. The number of benzene rings is 1. The summed E-state index contributed by atoms with van der Waals surface area (Å²) in [5.41, 5.74) is 1.66. The van der Waals surface area contributed by atoms with E-state index in [1.54, 1.807) is 7.11 Å². The van der Waals surface area contributed by atoms with Crippen LogP contribution < -0.4 is 10.1 Å². The van der Waals surface area contributed by atoms with Crippen LogP contribution >= 0.6 is 0 Å². The average molecular weight is 263 g/mol. The normalized spacial score (nSPS) is 11.6. The molecule has 0 heterocycles. The molecule has 1 N–H and O–H groups in total. The largest absolute Gasteiger partial charge is 0.497 e. The van der Waals surface area contributed by atoms with Crippen molar-refractivity contribution in [2.75, 3.05) is 20.2 Å². The Morgan fingerprint density at radius 1 is 1.11 bits per heavy atom. The molecular weight excluding hydrogens is 234 g/mol. The highest BCUT2D eigenvalue weighted by atomic mass is 16.5. The summed E-state index contributed by atoms with van der Waals surface area (Å²) < 4.78 is 5.39. The number of hydrogen-bond donors (Lipinski definition) is 1. The third-order valence-corrected chi connectivity index (χ3v) is 3.85. The molecule has 0 fully saturated rings. The lowest BCUT2D eigenvalue weighted by Gasteiger charge is -2.35. The minimum Gasteiger partial charge on any atom is -0.497 e. The fourth-order valence-electron chi connectivity index (χ4n) is 2.97. The van der Waals surface area contributed by atoms with Gasteiger partial charge in [0.15, 0.2) is 0 Å². The van der Waals surface area contributed by atoms with Crippen molar-refractivity contribution in [1.82, 2.24) is 5.32 Å². The summed E-state index contributed by atoms with van der Waals surface area (Å²) in [6.07, 6.45) is 4.87. The topological polar surface area (TPSA) is 21.3 Å². The van der Waals surface area contributed by atoms with E-state index in [-0.39, 0.29) is 5.41 Å². The van der Waals surface area contributed by atoms with Gasteiger partial charge >= 0.3 is 0 Å². The Labute approximate surface area is 118 Å². The molecule has 0 unspecified atom stereocenters. The summed E-state index contributed by atoms with van der Waals surface area (Å²) in [6.45, 7) is 8.80. The van der Waals surface area contributed by atoms with E-state index in [2.05, 4.69) is 44.3 Å². The summed E-state index contributed by atoms with van der Waals surface area (Å²) in [7, 11) is 1.74. The van der Waals surface area contributed by atoms with Crippen molar-refractivity contribution >= 4 is 0 Å². The highest BCUT2D eigenvalue weighted by Crippen LogP contribution is 2.35. The first-order valence-electron chi connectivity index (χ1n) is 7.57.